The van der Waals surface area contributed by atoms with Crippen molar-refractivity contribution < 1.29 is 9.53 Å². The van der Waals surface area contributed by atoms with Gasteiger partial charge in [-0.15, -0.1) is 0 Å². The second-order valence-corrected chi connectivity index (χ2v) is 5.26. The molecular weight excluding hydrogens is 256 g/mol. The Morgan fingerprint density at radius 3 is 2.55 bits per heavy atom. The Hall–Kier alpha value is -1.69. The first-order valence-electron chi connectivity index (χ1n) is 7.22. The molecule has 2 fully saturated rings. The van der Waals surface area contributed by atoms with Crippen molar-refractivity contribution in [3.63, 3.8) is 0 Å². The summed E-state index contributed by atoms with van der Waals surface area (Å²) >= 11 is 0. The van der Waals surface area contributed by atoms with Crippen molar-refractivity contribution in [3.05, 3.63) is 18.6 Å². The van der Waals surface area contributed by atoms with E-state index in [0.717, 1.165) is 44.8 Å². The molecule has 0 radical (unpaired) electrons. The second-order valence-electron chi connectivity index (χ2n) is 5.26. The molecule has 6 nitrogen and oxygen atoms in total. The van der Waals surface area contributed by atoms with Crippen LogP contribution in [0.3, 0.4) is 0 Å². The van der Waals surface area contributed by atoms with E-state index in [1.54, 1.807) is 18.6 Å². The molecule has 1 aromatic heterocycles. The Bertz CT molecular complexity index is 440. The van der Waals surface area contributed by atoms with Crippen molar-refractivity contribution in [3.8, 4) is 0 Å². The summed E-state index contributed by atoms with van der Waals surface area (Å²) in [5.41, 5.74) is 0. The quantitative estimate of drug-likeness (QED) is 0.789. The number of morpholine rings is 1. The zero-order valence-corrected chi connectivity index (χ0v) is 11.6. The number of hydrogen-bond acceptors (Lipinski definition) is 5. The highest BCUT2D eigenvalue weighted by molar-refractivity contribution is 5.79. The van der Waals surface area contributed by atoms with Gasteiger partial charge in [0, 0.05) is 44.5 Å². The molecule has 0 atom stereocenters. The number of carbonyl (C=O) groups excluding carboxylic acids is 1. The minimum absolute atomic E-state index is 0.154. The van der Waals surface area contributed by atoms with Crippen LogP contribution < -0.4 is 4.90 Å². The second kappa shape index (κ2) is 6.17. The van der Waals surface area contributed by atoms with E-state index in [-0.39, 0.29) is 5.92 Å². The van der Waals surface area contributed by atoms with E-state index < -0.39 is 0 Å². The van der Waals surface area contributed by atoms with Crippen LogP contribution in [0.25, 0.3) is 0 Å². The lowest BCUT2D eigenvalue weighted by Gasteiger charge is -2.35. The van der Waals surface area contributed by atoms with Gasteiger partial charge in [-0.1, -0.05) is 0 Å². The third-order valence-corrected chi connectivity index (χ3v) is 4.04. The molecule has 2 aliphatic heterocycles. The molecule has 0 saturated carbocycles. The van der Waals surface area contributed by atoms with Gasteiger partial charge in [0.15, 0.2) is 0 Å². The Labute approximate surface area is 118 Å². The van der Waals surface area contributed by atoms with Crippen LogP contribution in [0.4, 0.5) is 5.82 Å². The zero-order valence-electron chi connectivity index (χ0n) is 11.6. The van der Waals surface area contributed by atoms with Crippen LogP contribution >= 0.6 is 0 Å². The molecular formula is C14H20N4O2. The van der Waals surface area contributed by atoms with Gasteiger partial charge in [-0.2, -0.15) is 0 Å². The van der Waals surface area contributed by atoms with Gasteiger partial charge in [0.1, 0.15) is 5.82 Å². The van der Waals surface area contributed by atoms with Gasteiger partial charge >= 0.3 is 0 Å². The lowest BCUT2D eigenvalue weighted by Crippen LogP contribution is -2.46. The van der Waals surface area contributed by atoms with Gasteiger partial charge in [0.25, 0.3) is 0 Å². The normalized spacial score (nSPS) is 21.0. The van der Waals surface area contributed by atoms with E-state index in [0.29, 0.717) is 19.1 Å². The van der Waals surface area contributed by atoms with Crippen LogP contribution in [0.5, 0.6) is 0 Å². The van der Waals surface area contributed by atoms with Crippen molar-refractivity contribution in [2.45, 2.75) is 12.8 Å². The molecule has 1 amide bonds. The number of carbonyl (C=O) groups is 1. The van der Waals surface area contributed by atoms with Crippen LogP contribution in [0.15, 0.2) is 18.6 Å². The third-order valence-electron chi connectivity index (χ3n) is 4.04. The maximum atomic E-state index is 12.4. The van der Waals surface area contributed by atoms with E-state index in [1.807, 2.05) is 4.90 Å². The number of nitrogens with zero attached hydrogens (tertiary/aromatic N) is 4. The highest BCUT2D eigenvalue weighted by Crippen LogP contribution is 2.23. The van der Waals surface area contributed by atoms with Crippen molar-refractivity contribution in [2.75, 3.05) is 44.3 Å². The van der Waals surface area contributed by atoms with Gasteiger partial charge in [0.2, 0.25) is 5.91 Å². The largest absolute Gasteiger partial charge is 0.378 e. The lowest BCUT2D eigenvalue weighted by atomic mass is 9.95. The Kier molecular flexibility index (Phi) is 4.11. The van der Waals surface area contributed by atoms with Crippen molar-refractivity contribution >= 4 is 11.7 Å². The van der Waals surface area contributed by atoms with Crippen LogP contribution in [0, 0.1) is 5.92 Å². The first-order chi connectivity index (χ1) is 9.84. The standard InChI is InChI=1S/C14H20N4O2/c19-14(18-7-9-20-10-8-18)12-1-5-17(6-2-12)13-11-15-3-4-16-13/h3-4,11-12H,1-2,5-10H2. The SMILES string of the molecule is O=C(C1CCN(c2cnccn2)CC1)N1CCOCC1. The molecule has 3 rings (SSSR count). The minimum Gasteiger partial charge on any atom is -0.378 e. The third kappa shape index (κ3) is 2.90. The van der Waals surface area contributed by atoms with E-state index in [2.05, 4.69) is 14.9 Å². The maximum absolute atomic E-state index is 12.4. The molecule has 0 unspecified atom stereocenters. The van der Waals surface area contributed by atoms with Crippen molar-refractivity contribution in [2.24, 2.45) is 5.92 Å². The Morgan fingerprint density at radius 1 is 1.15 bits per heavy atom. The summed E-state index contributed by atoms with van der Waals surface area (Å²) < 4.78 is 5.29. The number of hydrogen-bond donors (Lipinski definition) is 0. The molecule has 0 bridgehead atoms. The molecule has 6 heteroatoms. The number of anilines is 1. The summed E-state index contributed by atoms with van der Waals surface area (Å²) in [4.78, 5) is 25.0. The van der Waals surface area contributed by atoms with Crippen LogP contribution in [0.1, 0.15) is 12.8 Å². The summed E-state index contributed by atoms with van der Waals surface area (Å²) in [6.45, 7) is 4.57. The van der Waals surface area contributed by atoms with Gasteiger partial charge in [-0.05, 0) is 12.8 Å². The molecule has 2 saturated heterocycles. The fourth-order valence-corrected chi connectivity index (χ4v) is 2.85. The zero-order chi connectivity index (χ0) is 13.8. The molecule has 1 aromatic rings. The number of ether oxygens (including phenoxy) is 1. The van der Waals surface area contributed by atoms with Crippen LogP contribution in [-0.2, 0) is 9.53 Å². The first kappa shape index (κ1) is 13.3. The Balaban J connectivity index is 1.54. The summed E-state index contributed by atoms with van der Waals surface area (Å²) in [5, 5.41) is 0. The Morgan fingerprint density at radius 2 is 1.90 bits per heavy atom. The predicted molar refractivity (Wildman–Crippen MR) is 74.4 cm³/mol. The smallest absolute Gasteiger partial charge is 0.225 e. The maximum Gasteiger partial charge on any atom is 0.225 e. The predicted octanol–water partition coefficient (Wildman–Crippen LogP) is 0.552. The number of rotatable bonds is 2. The van der Waals surface area contributed by atoms with E-state index >= 15 is 0 Å². The summed E-state index contributed by atoms with van der Waals surface area (Å²) in [6.07, 6.45) is 6.96. The molecule has 3 heterocycles. The molecule has 0 aliphatic carbocycles. The average molecular weight is 276 g/mol. The van der Waals surface area contributed by atoms with Gasteiger partial charge in [-0.3, -0.25) is 9.78 Å². The molecule has 108 valence electrons. The fraction of sp³-hybridized carbons (Fsp3) is 0.643. The fourth-order valence-electron chi connectivity index (χ4n) is 2.85. The van der Waals surface area contributed by atoms with Crippen LogP contribution in [0.2, 0.25) is 0 Å². The monoisotopic (exact) mass is 276 g/mol. The number of amides is 1. The summed E-state index contributed by atoms with van der Waals surface area (Å²) in [6, 6.07) is 0. The summed E-state index contributed by atoms with van der Waals surface area (Å²) in [5.74, 6) is 1.36. The summed E-state index contributed by atoms with van der Waals surface area (Å²) in [7, 11) is 0. The van der Waals surface area contributed by atoms with Gasteiger partial charge < -0.3 is 14.5 Å². The molecule has 20 heavy (non-hydrogen) atoms. The molecule has 0 spiro atoms. The van der Waals surface area contributed by atoms with Gasteiger partial charge in [-0.25, -0.2) is 4.98 Å². The number of piperidine rings is 1. The van der Waals surface area contributed by atoms with Gasteiger partial charge in [0.05, 0.1) is 19.4 Å². The van der Waals surface area contributed by atoms with E-state index in [4.69, 9.17) is 4.74 Å². The highest BCUT2D eigenvalue weighted by atomic mass is 16.5. The van der Waals surface area contributed by atoms with Crippen molar-refractivity contribution in [1.29, 1.82) is 0 Å². The molecule has 0 N–H and O–H groups in total. The topological polar surface area (TPSA) is 58.6 Å². The molecule has 2 aliphatic rings. The first-order valence-corrected chi connectivity index (χ1v) is 7.22. The highest BCUT2D eigenvalue weighted by Gasteiger charge is 2.29. The van der Waals surface area contributed by atoms with E-state index in [9.17, 15) is 4.79 Å². The molecule has 0 aromatic carbocycles. The minimum atomic E-state index is 0.154. The average Bonchev–Trinajstić information content (AvgIpc) is 2.56. The lowest BCUT2D eigenvalue weighted by molar-refractivity contribution is -0.140. The van der Waals surface area contributed by atoms with Crippen molar-refractivity contribution in [1.82, 2.24) is 14.9 Å². The van der Waals surface area contributed by atoms with E-state index in [1.165, 1.54) is 0 Å². The van der Waals surface area contributed by atoms with Crippen LogP contribution in [-0.4, -0.2) is 60.2 Å². The number of aromatic nitrogens is 2.